The summed E-state index contributed by atoms with van der Waals surface area (Å²) in [5, 5.41) is 2.22. The minimum absolute atomic E-state index is 0.906. The first-order chi connectivity index (χ1) is 8.79. The summed E-state index contributed by atoms with van der Waals surface area (Å²) in [6.45, 7) is 1.97. The second kappa shape index (κ2) is 4.18. The predicted molar refractivity (Wildman–Crippen MR) is 75.2 cm³/mol. The quantitative estimate of drug-likeness (QED) is 0.480. The zero-order valence-electron chi connectivity index (χ0n) is 10.4. The standard InChI is InChI=1S/C15H13N3/c1-10(16-2)13-8-7-12-6-5-11-4-3-9-17-14(11)15(12)18-13/h3-9H,1-2H3. The molecule has 3 nitrogen and oxygen atoms in total. The Balaban J connectivity index is 2.40. The van der Waals surface area contributed by atoms with Crippen LogP contribution in [0.5, 0.6) is 0 Å². The third-order valence-corrected chi connectivity index (χ3v) is 3.14. The Kier molecular flexibility index (Phi) is 2.52. The SMILES string of the molecule is CN=C(C)c1ccc2ccc3cccnc3c2n1. The van der Waals surface area contributed by atoms with Crippen LogP contribution < -0.4 is 0 Å². The lowest BCUT2D eigenvalue weighted by Gasteiger charge is -2.04. The van der Waals surface area contributed by atoms with Gasteiger partial charge in [-0.25, -0.2) is 4.98 Å². The van der Waals surface area contributed by atoms with E-state index in [1.165, 1.54) is 0 Å². The van der Waals surface area contributed by atoms with Crippen molar-refractivity contribution < 1.29 is 0 Å². The lowest BCUT2D eigenvalue weighted by Crippen LogP contribution is -1.98. The summed E-state index contributed by atoms with van der Waals surface area (Å²) >= 11 is 0. The topological polar surface area (TPSA) is 38.1 Å². The highest BCUT2D eigenvalue weighted by atomic mass is 14.8. The zero-order valence-corrected chi connectivity index (χ0v) is 10.4. The van der Waals surface area contributed by atoms with Gasteiger partial charge in [-0.3, -0.25) is 9.98 Å². The van der Waals surface area contributed by atoms with E-state index in [1.807, 2.05) is 19.1 Å². The van der Waals surface area contributed by atoms with E-state index in [0.717, 1.165) is 33.2 Å². The molecule has 0 amide bonds. The molecule has 0 bridgehead atoms. The van der Waals surface area contributed by atoms with Gasteiger partial charge in [-0.05, 0) is 19.1 Å². The smallest absolute Gasteiger partial charge is 0.0972 e. The Morgan fingerprint density at radius 1 is 1.00 bits per heavy atom. The molecule has 0 aliphatic rings. The van der Waals surface area contributed by atoms with Crippen molar-refractivity contribution >= 4 is 27.5 Å². The van der Waals surface area contributed by atoms with Crippen LogP contribution in [0.2, 0.25) is 0 Å². The lowest BCUT2D eigenvalue weighted by molar-refractivity contribution is 1.31. The van der Waals surface area contributed by atoms with E-state index in [4.69, 9.17) is 0 Å². The summed E-state index contributed by atoms with van der Waals surface area (Å²) in [7, 11) is 1.78. The van der Waals surface area contributed by atoms with E-state index in [-0.39, 0.29) is 0 Å². The molecule has 2 aromatic heterocycles. The number of hydrogen-bond acceptors (Lipinski definition) is 3. The Morgan fingerprint density at radius 3 is 2.50 bits per heavy atom. The minimum atomic E-state index is 0.906. The summed E-state index contributed by atoms with van der Waals surface area (Å²) in [4.78, 5) is 13.3. The van der Waals surface area contributed by atoms with Crippen molar-refractivity contribution in [3.8, 4) is 0 Å². The van der Waals surface area contributed by atoms with Crippen LogP contribution in [0, 0.1) is 0 Å². The highest BCUT2D eigenvalue weighted by Gasteiger charge is 2.05. The van der Waals surface area contributed by atoms with Crippen LogP contribution in [0.3, 0.4) is 0 Å². The molecule has 3 aromatic rings. The molecule has 0 unspecified atom stereocenters. The molecule has 2 heterocycles. The van der Waals surface area contributed by atoms with Gasteiger partial charge < -0.3 is 0 Å². The highest BCUT2D eigenvalue weighted by Crippen LogP contribution is 2.22. The van der Waals surface area contributed by atoms with E-state index in [9.17, 15) is 0 Å². The molecule has 0 N–H and O–H groups in total. The molecule has 0 radical (unpaired) electrons. The average molecular weight is 235 g/mol. The number of aliphatic imine (C=N–C) groups is 1. The van der Waals surface area contributed by atoms with Crippen LogP contribution in [0.4, 0.5) is 0 Å². The molecular formula is C15H13N3. The molecule has 0 aliphatic carbocycles. The van der Waals surface area contributed by atoms with Crippen molar-refractivity contribution in [3.63, 3.8) is 0 Å². The van der Waals surface area contributed by atoms with E-state index in [2.05, 4.69) is 39.2 Å². The number of benzene rings is 1. The van der Waals surface area contributed by atoms with Gasteiger partial charge >= 0.3 is 0 Å². The normalized spacial score (nSPS) is 12.2. The van der Waals surface area contributed by atoms with E-state index >= 15 is 0 Å². The van der Waals surface area contributed by atoms with Crippen LogP contribution in [0.25, 0.3) is 21.8 Å². The van der Waals surface area contributed by atoms with Gasteiger partial charge in [0.25, 0.3) is 0 Å². The van der Waals surface area contributed by atoms with E-state index in [1.54, 1.807) is 13.2 Å². The first kappa shape index (κ1) is 10.8. The fourth-order valence-corrected chi connectivity index (χ4v) is 2.04. The zero-order chi connectivity index (χ0) is 12.5. The Hall–Kier alpha value is -2.29. The second-order valence-electron chi connectivity index (χ2n) is 4.22. The molecule has 0 saturated heterocycles. The summed E-state index contributed by atoms with van der Waals surface area (Å²) in [5.41, 5.74) is 3.72. The molecule has 18 heavy (non-hydrogen) atoms. The van der Waals surface area contributed by atoms with Gasteiger partial charge in [0.05, 0.1) is 22.4 Å². The molecule has 1 aromatic carbocycles. The molecule has 0 aliphatic heterocycles. The predicted octanol–water partition coefficient (Wildman–Crippen LogP) is 3.22. The van der Waals surface area contributed by atoms with Crippen LogP contribution in [0.15, 0.2) is 47.6 Å². The van der Waals surface area contributed by atoms with Gasteiger partial charge in [-0.1, -0.05) is 24.3 Å². The maximum Gasteiger partial charge on any atom is 0.0972 e. The molecule has 88 valence electrons. The number of nitrogens with zero attached hydrogens (tertiary/aromatic N) is 3. The summed E-state index contributed by atoms with van der Waals surface area (Å²) in [6.07, 6.45) is 1.80. The molecule has 0 spiro atoms. The van der Waals surface area contributed by atoms with Gasteiger partial charge in [0.1, 0.15) is 0 Å². The highest BCUT2D eigenvalue weighted by molar-refractivity contribution is 6.05. The molecule has 0 fully saturated rings. The first-order valence-electron chi connectivity index (χ1n) is 5.88. The fourth-order valence-electron chi connectivity index (χ4n) is 2.04. The number of hydrogen-bond donors (Lipinski definition) is 0. The third kappa shape index (κ3) is 1.64. The Bertz CT molecular complexity index is 760. The monoisotopic (exact) mass is 235 g/mol. The summed E-state index contributed by atoms with van der Waals surface area (Å²) in [5.74, 6) is 0. The van der Waals surface area contributed by atoms with E-state index in [0.29, 0.717) is 0 Å². The molecule has 0 atom stereocenters. The maximum atomic E-state index is 4.68. The van der Waals surface area contributed by atoms with Gasteiger partial charge in [0, 0.05) is 24.0 Å². The minimum Gasteiger partial charge on any atom is -0.291 e. The Labute approximate surface area is 105 Å². The van der Waals surface area contributed by atoms with Crippen LogP contribution in [-0.2, 0) is 0 Å². The van der Waals surface area contributed by atoms with Gasteiger partial charge in [0.15, 0.2) is 0 Å². The number of aromatic nitrogens is 2. The van der Waals surface area contributed by atoms with Crippen molar-refractivity contribution in [2.45, 2.75) is 6.92 Å². The average Bonchev–Trinajstić information content (AvgIpc) is 2.45. The van der Waals surface area contributed by atoms with Crippen molar-refractivity contribution in [1.82, 2.24) is 9.97 Å². The second-order valence-corrected chi connectivity index (χ2v) is 4.22. The van der Waals surface area contributed by atoms with Crippen molar-refractivity contribution in [3.05, 3.63) is 48.3 Å². The Morgan fingerprint density at radius 2 is 1.72 bits per heavy atom. The van der Waals surface area contributed by atoms with Crippen molar-refractivity contribution in [1.29, 1.82) is 0 Å². The number of pyridine rings is 2. The maximum absolute atomic E-state index is 4.68. The number of rotatable bonds is 1. The molecular weight excluding hydrogens is 222 g/mol. The van der Waals surface area contributed by atoms with Crippen molar-refractivity contribution in [2.75, 3.05) is 7.05 Å². The van der Waals surface area contributed by atoms with Gasteiger partial charge in [0.2, 0.25) is 0 Å². The fraction of sp³-hybridized carbons (Fsp3) is 0.133. The third-order valence-electron chi connectivity index (χ3n) is 3.14. The molecule has 3 heteroatoms. The van der Waals surface area contributed by atoms with E-state index < -0.39 is 0 Å². The van der Waals surface area contributed by atoms with Gasteiger partial charge in [-0.2, -0.15) is 0 Å². The van der Waals surface area contributed by atoms with Crippen LogP contribution in [-0.4, -0.2) is 22.7 Å². The summed E-state index contributed by atoms with van der Waals surface area (Å²) in [6, 6.07) is 12.2. The first-order valence-corrected chi connectivity index (χ1v) is 5.88. The van der Waals surface area contributed by atoms with Crippen LogP contribution in [0.1, 0.15) is 12.6 Å². The van der Waals surface area contributed by atoms with Gasteiger partial charge in [-0.15, -0.1) is 0 Å². The largest absolute Gasteiger partial charge is 0.291 e. The van der Waals surface area contributed by atoms with Crippen LogP contribution >= 0.6 is 0 Å². The molecule has 3 rings (SSSR count). The lowest BCUT2D eigenvalue weighted by atomic mass is 10.1. The van der Waals surface area contributed by atoms with Crippen molar-refractivity contribution in [2.24, 2.45) is 4.99 Å². The molecule has 0 saturated carbocycles. The summed E-state index contributed by atoms with van der Waals surface area (Å²) < 4.78 is 0. The number of fused-ring (bicyclic) bond motifs is 3.